The maximum Gasteiger partial charge on any atom is 0.345 e. The molecule has 2 aromatic rings. The van der Waals surface area contributed by atoms with Gasteiger partial charge in [0.05, 0.1) is 11.1 Å². The second kappa shape index (κ2) is 6.59. The number of nitro benzene ring substituents is 1. The van der Waals surface area contributed by atoms with Crippen molar-refractivity contribution in [2.24, 2.45) is 5.10 Å². The minimum Gasteiger partial charge on any atom is -0.477 e. The number of rotatable bonds is 5. The summed E-state index contributed by atoms with van der Waals surface area (Å²) in [6, 6.07) is 8.21. The zero-order valence-corrected chi connectivity index (χ0v) is 11.7. The summed E-state index contributed by atoms with van der Waals surface area (Å²) in [5.74, 6) is -1.64. The Morgan fingerprint density at radius 3 is 2.73 bits per heavy atom. The number of aromatic carboxylic acids is 1. The highest BCUT2D eigenvalue weighted by molar-refractivity contribution is 7.15. The van der Waals surface area contributed by atoms with Crippen LogP contribution < -0.4 is 5.43 Å². The maximum absolute atomic E-state index is 11.8. The van der Waals surface area contributed by atoms with Crippen LogP contribution in [0, 0.1) is 10.1 Å². The number of nitrogens with one attached hydrogen (secondary N) is 1. The number of benzene rings is 1. The van der Waals surface area contributed by atoms with E-state index in [1.165, 1.54) is 30.5 Å². The molecule has 0 saturated carbocycles. The van der Waals surface area contributed by atoms with E-state index in [1.807, 2.05) is 0 Å². The Morgan fingerprint density at radius 2 is 2.09 bits per heavy atom. The van der Waals surface area contributed by atoms with Gasteiger partial charge in [-0.05, 0) is 18.2 Å². The highest BCUT2D eigenvalue weighted by Crippen LogP contribution is 2.14. The van der Waals surface area contributed by atoms with Gasteiger partial charge in [-0.25, -0.2) is 10.2 Å². The first-order chi connectivity index (χ1) is 10.5. The fourth-order valence-corrected chi connectivity index (χ4v) is 2.24. The molecule has 0 radical (unpaired) electrons. The van der Waals surface area contributed by atoms with Crippen molar-refractivity contribution in [3.05, 3.63) is 61.8 Å². The fraction of sp³-hybridized carbons (Fsp3) is 0. The molecular formula is C13H9N3O5S. The van der Waals surface area contributed by atoms with Crippen LogP contribution in [0.5, 0.6) is 0 Å². The van der Waals surface area contributed by atoms with E-state index in [-0.39, 0.29) is 16.1 Å². The highest BCUT2D eigenvalue weighted by Gasteiger charge is 2.10. The molecule has 9 heteroatoms. The van der Waals surface area contributed by atoms with Gasteiger partial charge >= 0.3 is 5.97 Å². The summed E-state index contributed by atoms with van der Waals surface area (Å²) in [7, 11) is 0. The van der Waals surface area contributed by atoms with Gasteiger partial charge in [0, 0.05) is 22.6 Å². The zero-order valence-electron chi connectivity index (χ0n) is 10.9. The first kappa shape index (κ1) is 15.3. The molecule has 0 saturated heterocycles. The summed E-state index contributed by atoms with van der Waals surface area (Å²) in [6.07, 6.45) is 1.30. The van der Waals surface area contributed by atoms with Crippen molar-refractivity contribution in [3.63, 3.8) is 0 Å². The molecule has 22 heavy (non-hydrogen) atoms. The Morgan fingerprint density at radius 1 is 1.32 bits per heavy atom. The third-order valence-corrected chi connectivity index (χ3v) is 3.52. The summed E-state index contributed by atoms with van der Waals surface area (Å²) in [5, 5.41) is 23.1. The SMILES string of the molecule is O=C(NN=Cc1ccc(C(=O)O)s1)c1cccc([N+](=O)[O-])c1. The van der Waals surface area contributed by atoms with Crippen LogP contribution in [-0.4, -0.2) is 28.1 Å². The van der Waals surface area contributed by atoms with E-state index >= 15 is 0 Å². The number of hydrogen-bond donors (Lipinski definition) is 2. The van der Waals surface area contributed by atoms with Crippen LogP contribution in [0.2, 0.25) is 0 Å². The summed E-state index contributed by atoms with van der Waals surface area (Å²) >= 11 is 1.01. The highest BCUT2D eigenvalue weighted by atomic mass is 32.1. The zero-order chi connectivity index (χ0) is 16.1. The van der Waals surface area contributed by atoms with Crippen LogP contribution >= 0.6 is 11.3 Å². The monoisotopic (exact) mass is 319 g/mol. The Labute approximate surface area is 127 Å². The summed E-state index contributed by atoms with van der Waals surface area (Å²) in [6.45, 7) is 0. The second-order valence-electron chi connectivity index (χ2n) is 4.01. The maximum atomic E-state index is 11.8. The number of nitro groups is 1. The van der Waals surface area contributed by atoms with E-state index in [4.69, 9.17) is 5.11 Å². The van der Waals surface area contributed by atoms with Crippen molar-refractivity contribution < 1.29 is 19.6 Å². The Kier molecular flexibility index (Phi) is 4.59. The number of amides is 1. The summed E-state index contributed by atoms with van der Waals surface area (Å²) < 4.78 is 0. The molecule has 0 unspecified atom stereocenters. The Balaban J connectivity index is 2.02. The molecular weight excluding hydrogens is 310 g/mol. The summed E-state index contributed by atoms with van der Waals surface area (Å²) in [5.41, 5.74) is 2.13. The number of non-ortho nitro benzene ring substituents is 1. The van der Waals surface area contributed by atoms with Gasteiger partial charge < -0.3 is 5.11 Å². The standard InChI is InChI=1S/C13H9N3O5S/c17-12(8-2-1-3-9(6-8)16(20)21)15-14-7-10-4-5-11(22-10)13(18)19/h1-7H,(H,15,17)(H,18,19). The third kappa shape index (κ3) is 3.73. The predicted molar refractivity (Wildman–Crippen MR) is 79.4 cm³/mol. The Bertz CT molecular complexity index is 769. The lowest BCUT2D eigenvalue weighted by atomic mass is 10.2. The fourth-order valence-electron chi connectivity index (χ4n) is 1.52. The van der Waals surface area contributed by atoms with Crippen molar-refractivity contribution in [3.8, 4) is 0 Å². The first-order valence-electron chi connectivity index (χ1n) is 5.88. The number of carboxylic acids is 1. The largest absolute Gasteiger partial charge is 0.477 e. The summed E-state index contributed by atoms with van der Waals surface area (Å²) in [4.78, 5) is 33.2. The van der Waals surface area contributed by atoms with Gasteiger partial charge in [0.25, 0.3) is 11.6 Å². The van der Waals surface area contributed by atoms with E-state index in [0.717, 1.165) is 17.4 Å². The molecule has 0 aliphatic heterocycles. The van der Waals surface area contributed by atoms with Gasteiger partial charge in [-0.1, -0.05) is 6.07 Å². The number of hydrazone groups is 1. The van der Waals surface area contributed by atoms with Gasteiger partial charge in [0.15, 0.2) is 0 Å². The van der Waals surface area contributed by atoms with Crippen molar-refractivity contribution in [2.45, 2.75) is 0 Å². The first-order valence-corrected chi connectivity index (χ1v) is 6.70. The molecule has 0 aliphatic carbocycles. The molecule has 0 fully saturated rings. The van der Waals surface area contributed by atoms with Gasteiger partial charge in [-0.2, -0.15) is 5.10 Å². The lowest BCUT2D eigenvalue weighted by Gasteiger charge is -1.99. The molecule has 1 aromatic heterocycles. The normalized spacial score (nSPS) is 10.5. The molecule has 1 amide bonds. The number of carbonyl (C=O) groups excluding carboxylic acids is 1. The molecule has 1 heterocycles. The lowest BCUT2D eigenvalue weighted by Crippen LogP contribution is -2.17. The molecule has 0 bridgehead atoms. The van der Waals surface area contributed by atoms with Gasteiger partial charge in [-0.15, -0.1) is 11.3 Å². The molecule has 112 valence electrons. The van der Waals surface area contributed by atoms with Crippen molar-refractivity contribution in [1.29, 1.82) is 0 Å². The minimum atomic E-state index is -1.04. The molecule has 2 N–H and O–H groups in total. The van der Waals surface area contributed by atoms with E-state index in [1.54, 1.807) is 6.07 Å². The average Bonchev–Trinajstić information content (AvgIpc) is 2.96. The van der Waals surface area contributed by atoms with Crippen LogP contribution in [-0.2, 0) is 0 Å². The van der Waals surface area contributed by atoms with Crippen LogP contribution in [0.3, 0.4) is 0 Å². The van der Waals surface area contributed by atoms with Crippen LogP contribution in [0.15, 0.2) is 41.5 Å². The van der Waals surface area contributed by atoms with E-state index in [2.05, 4.69) is 10.5 Å². The van der Waals surface area contributed by atoms with Crippen LogP contribution in [0.1, 0.15) is 24.9 Å². The molecule has 0 spiro atoms. The van der Waals surface area contributed by atoms with Crippen molar-refractivity contribution in [2.75, 3.05) is 0 Å². The van der Waals surface area contributed by atoms with Gasteiger partial charge in [-0.3, -0.25) is 14.9 Å². The quantitative estimate of drug-likeness (QED) is 0.496. The number of thiophene rings is 1. The number of carboxylic acid groups (broad SMARTS) is 1. The van der Waals surface area contributed by atoms with E-state index in [0.29, 0.717) is 4.88 Å². The smallest absolute Gasteiger partial charge is 0.345 e. The third-order valence-electron chi connectivity index (χ3n) is 2.51. The number of hydrogen-bond acceptors (Lipinski definition) is 6. The molecule has 1 aromatic carbocycles. The predicted octanol–water partition coefficient (Wildman–Crippen LogP) is 2.12. The molecule has 2 rings (SSSR count). The molecule has 8 nitrogen and oxygen atoms in total. The average molecular weight is 319 g/mol. The van der Waals surface area contributed by atoms with Gasteiger partial charge in [0.2, 0.25) is 0 Å². The lowest BCUT2D eigenvalue weighted by molar-refractivity contribution is -0.384. The van der Waals surface area contributed by atoms with Crippen molar-refractivity contribution >= 4 is 35.1 Å². The minimum absolute atomic E-state index is 0.101. The van der Waals surface area contributed by atoms with E-state index in [9.17, 15) is 19.7 Å². The van der Waals surface area contributed by atoms with Crippen molar-refractivity contribution in [1.82, 2.24) is 5.43 Å². The van der Waals surface area contributed by atoms with E-state index < -0.39 is 16.8 Å². The van der Waals surface area contributed by atoms with Crippen LogP contribution in [0.4, 0.5) is 5.69 Å². The molecule has 0 aliphatic rings. The topological polar surface area (TPSA) is 122 Å². The molecule has 0 atom stereocenters. The van der Waals surface area contributed by atoms with Gasteiger partial charge in [0.1, 0.15) is 4.88 Å². The van der Waals surface area contributed by atoms with Crippen LogP contribution in [0.25, 0.3) is 0 Å². The number of nitrogens with zero attached hydrogens (tertiary/aromatic N) is 2. The Hall–Kier alpha value is -3.07. The number of carbonyl (C=O) groups is 2. The second-order valence-corrected chi connectivity index (χ2v) is 5.13.